The van der Waals surface area contributed by atoms with Gasteiger partial charge in [0.2, 0.25) is 0 Å². The van der Waals surface area contributed by atoms with E-state index in [-0.39, 0.29) is 19.0 Å². The molecule has 150 valence electrons. The van der Waals surface area contributed by atoms with Crippen molar-refractivity contribution in [2.75, 3.05) is 13.2 Å². The minimum absolute atomic E-state index is 0.0572. The molecule has 2 atom stereocenters. The van der Waals surface area contributed by atoms with Crippen molar-refractivity contribution in [1.29, 1.82) is 0 Å². The van der Waals surface area contributed by atoms with Crippen molar-refractivity contribution in [3.8, 4) is 11.5 Å². The van der Waals surface area contributed by atoms with E-state index < -0.39 is 12.2 Å². The molecule has 0 spiro atoms. The summed E-state index contributed by atoms with van der Waals surface area (Å²) < 4.78 is 17.2. The maximum Gasteiger partial charge on any atom is 0.308 e. The van der Waals surface area contributed by atoms with Gasteiger partial charge in [0.15, 0.2) is 0 Å². The van der Waals surface area contributed by atoms with Crippen molar-refractivity contribution in [3.05, 3.63) is 58.7 Å². The molecule has 0 aliphatic carbocycles. The SMILES string of the molecule is Cc1ccc(OCCc2cc(C)cc(C)c2OCC2CC(O)CC(=O)O2)cc1. The molecule has 0 saturated carbocycles. The van der Waals surface area contributed by atoms with Crippen LogP contribution in [0.3, 0.4) is 0 Å². The Morgan fingerprint density at radius 1 is 1.07 bits per heavy atom. The summed E-state index contributed by atoms with van der Waals surface area (Å²) in [6, 6.07) is 12.2. The predicted octanol–water partition coefficient (Wildman–Crippen LogP) is 3.68. The third kappa shape index (κ3) is 5.49. The molecule has 2 aromatic carbocycles. The molecular formula is C23H28O5. The molecule has 0 bridgehead atoms. The summed E-state index contributed by atoms with van der Waals surface area (Å²) in [6.45, 7) is 6.89. The maximum atomic E-state index is 11.5. The fourth-order valence-corrected chi connectivity index (χ4v) is 3.49. The predicted molar refractivity (Wildman–Crippen MR) is 107 cm³/mol. The largest absolute Gasteiger partial charge is 0.493 e. The van der Waals surface area contributed by atoms with E-state index in [1.807, 2.05) is 38.1 Å². The van der Waals surface area contributed by atoms with Gasteiger partial charge in [0, 0.05) is 12.8 Å². The average molecular weight is 384 g/mol. The van der Waals surface area contributed by atoms with Crippen LogP contribution in [0.2, 0.25) is 0 Å². The van der Waals surface area contributed by atoms with Crippen molar-refractivity contribution in [1.82, 2.24) is 0 Å². The minimum Gasteiger partial charge on any atom is -0.493 e. The van der Waals surface area contributed by atoms with Crippen LogP contribution in [0.5, 0.6) is 11.5 Å². The van der Waals surface area contributed by atoms with Gasteiger partial charge in [0.05, 0.1) is 19.1 Å². The molecular weight excluding hydrogens is 356 g/mol. The topological polar surface area (TPSA) is 65.0 Å². The molecule has 0 radical (unpaired) electrons. The first-order valence-corrected chi connectivity index (χ1v) is 9.70. The van der Waals surface area contributed by atoms with Crippen LogP contribution in [0, 0.1) is 20.8 Å². The molecule has 2 unspecified atom stereocenters. The molecule has 5 heteroatoms. The number of cyclic esters (lactones) is 1. The molecule has 1 aliphatic heterocycles. The molecule has 2 aromatic rings. The lowest BCUT2D eigenvalue weighted by Gasteiger charge is -2.26. The van der Waals surface area contributed by atoms with Crippen molar-refractivity contribution < 1.29 is 24.1 Å². The fraction of sp³-hybridized carbons (Fsp3) is 0.435. The van der Waals surface area contributed by atoms with Gasteiger partial charge >= 0.3 is 5.97 Å². The van der Waals surface area contributed by atoms with Gasteiger partial charge in [-0.2, -0.15) is 0 Å². The second-order valence-electron chi connectivity index (χ2n) is 7.50. The molecule has 0 aromatic heterocycles. The Hall–Kier alpha value is -2.53. The molecule has 1 N–H and O–H groups in total. The molecule has 1 saturated heterocycles. The van der Waals surface area contributed by atoms with Crippen molar-refractivity contribution in [3.63, 3.8) is 0 Å². The van der Waals surface area contributed by atoms with Gasteiger partial charge in [-0.15, -0.1) is 0 Å². The van der Waals surface area contributed by atoms with Crippen molar-refractivity contribution in [2.24, 2.45) is 0 Å². The van der Waals surface area contributed by atoms with Gasteiger partial charge in [-0.3, -0.25) is 4.79 Å². The van der Waals surface area contributed by atoms with E-state index in [9.17, 15) is 9.90 Å². The number of rotatable bonds is 7. The van der Waals surface area contributed by atoms with Gasteiger partial charge in [-0.1, -0.05) is 35.4 Å². The number of benzene rings is 2. The Morgan fingerprint density at radius 2 is 1.82 bits per heavy atom. The highest BCUT2D eigenvalue weighted by molar-refractivity contribution is 5.71. The number of carbonyl (C=O) groups excluding carboxylic acids is 1. The van der Waals surface area contributed by atoms with Crippen LogP contribution in [0.25, 0.3) is 0 Å². The molecule has 3 rings (SSSR count). The molecule has 1 heterocycles. The number of aliphatic hydroxyl groups is 1. The van der Waals surface area contributed by atoms with Crippen LogP contribution in [-0.4, -0.2) is 36.5 Å². The summed E-state index contributed by atoms with van der Waals surface area (Å²) in [5.74, 6) is 1.27. The van der Waals surface area contributed by atoms with Gasteiger partial charge < -0.3 is 19.3 Å². The molecule has 5 nitrogen and oxygen atoms in total. The van der Waals surface area contributed by atoms with E-state index in [0.29, 0.717) is 19.4 Å². The summed E-state index contributed by atoms with van der Waals surface area (Å²) in [7, 11) is 0. The second kappa shape index (κ2) is 9.11. The number of esters is 1. The van der Waals surface area contributed by atoms with Crippen LogP contribution >= 0.6 is 0 Å². The van der Waals surface area contributed by atoms with Crippen molar-refractivity contribution in [2.45, 2.75) is 52.2 Å². The van der Waals surface area contributed by atoms with E-state index in [0.717, 1.165) is 28.2 Å². The molecule has 0 amide bonds. The lowest BCUT2D eigenvalue weighted by atomic mass is 10.0. The summed E-state index contributed by atoms with van der Waals surface area (Å²) in [5, 5.41) is 9.76. The van der Waals surface area contributed by atoms with E-state index in [1.165, 1.54) is 5.56 Å². The first-order chi connectivity index (χ1) is 13.4. The van der Waals surface area contributed by atoms with E-state index in [2.05, 4.69) is 19.1 Å². The summed E-state index contributed by atoms with van der Waals surface area (Å²) in [4.78, 5) is 11.5. The number of carbonyl (C=O) groups is 1. The highest BCUT2D eigenvalue weighted by Crippen LogP contribution is 2.27. The van der Waals surface area contributed by atoms with Gasteiger partial charge in [-0.05, 0) is 44.0 Å². The van der Waals surface area contributed by atoms with E-state index in [4.69, 9.17) is 14.2 Å². The number of hydrogen-bond acceptors (Lipinski definition) is 5. The average Bonchev–Trinajstić information content (AvgIpc) is 2.62. The smallest absolute Gasteiger partial charge is 0.308 e. The monoisotopic (exact) mass is 384 g/mol. The summed E-state index contributed by atoms with van der Waals surface area (Å²) in [5.41, 5.74) is 4.46. The quantitative estimate of drug-likeness (QED) is 0.738. The van der Waals surface area contributed by atoms with Crippen LogP contribution in [0.1, 0.15) is 35.1 Å². The number of ether oxygens (including phenoxy) is 3. The highest BCUT2D eigenvalue weighted by atomic mass is 16.6. The van der Waals surface area contributed by atoms with Crippen LogP contribution in [-0.2, 0) is 16.0 Å². The zero-order valence-corrected chi connectivity index (χ0v) is 16.7. The first kappa shape index (κ1) is 20.2. The number of aliphatic hydroxyl groups excluding tert-OH is 1. The maximum absolute atomic E-state index is 11.5. The Labute approximate surface area is 166 Å². The van der Waals surface area contributed by atoms with Crippen LogP contribution in [0.4, 0.5) is 0 Å². The summed E-state index contributed by atoms with van der Waals surface area (Å²) >= 11 is 0. The fourth-order valence-electron chi connectivity index (χ4n) is 3.49. The van der Waals surface area contributed by atoms with E-state index in [1.54, 1.807) is 0 Å². The van der Waals surface area contributed by atoms with Crippen molar-refractivity contribution >= 4 is 5.97 Å². The Morgan fingerprint density at radius 3 is 2.54 bits per heavy atom. The van der Waals surface area contributed by atoms with Crippen LogP contribution < -0.4 is 9.47 Å². The Bertz CT molecular complexity index is 812. The molecule has 28 heavy (non-hydrogen) atoms. The summed E-state index contributed by atoms with van der Waals surface area (Å²) in [6.07, 6.45) is 0.0909. The van der Waals surface area contributed by atoms with E-state index >= 15 is 0 Å². The standard InChI is InChI=1S/C23H28O5/c1-15-4-6-20(7-5-15)26-9-8-18-11-16(2)10-17(3)23(18)27-14-21-12-19(24)13-22(25)28-21/h4-7,10-11,19,21,24H,8-9,12-14H2,1-3H3. The lowest BCUT2D eigenvalue weighted by molar-refractivity contribution is -0.162. The third-order valence-corrected chi connectivity index (χ3v) is 4.81. The number of hydrogen-bond donors (Lipinski definition) is 1. The minimum atomic E-state index is -0.656. The first-order valence-electron chi connectivity index (χ1n) is 9.70. The molecule has 1 aliphatic rings. The zero-order valence-electron chi connectivity index (χ0n) is 16.7. The third-order valence-electron chi connectivity index (χ3n) is 4.81. The Balaban J connectivity index is 1.63. The van der Waals surface area contributed by atoms with Crippen LogP contribution in [0.15, 0.2) is 36.4 Å². The highest BCUT2D eigenvalue weighted by Gasteiger charge is 2.28. The molecule has 1 fully saturated rings. The van der Waals surface area contributed by atoms with Gasteiger partial charge in [0.1, 0.15) is 24.2 Å². The zero-order chi connectivity index (χ0) is 20.1. The normalized spacial score (nSPS) is 19.2. The van der Waals surface area contributed by atoms with Gasteiger partial charge in [-0.25, -0.2) is 0 Å². The lowest BCUT2D eigenvalue weighted by Crippen LogP contribution is -2.36. The van der Waals surface area contributed by atoms with Gasteiger partial charge in [0.25, 0.3) is 0 Å². The Kier molecular flexibility index (Phi) is 6.57. The second-order valence-corrected chi connectivity index (χ2v) is 7.50. The number of aryl methyl sites for hydroxylation is 3.